The number of imide groups is 1. The van der Waals surface area contributed by atoms with Crippen molar-refractivity contribution in [1.29, 1.82) is 0 Å². The summed E-state index contributed by atoms with van der Waals surface area (Å²) in [6.45, 7) is 6.48. The lowest BCUT2D eigenvalue weighted by molar-refractivity contribution is -0.124. The largest absolute Gasteiger partial charge is 0.457 e. The molecule has 0 aliphatic rings. The third kappa shape index (κ3) is 3.86. The number of hydrogen-bond donors (Lipinski definition) is 0. The molecule has 23 heavy (non-hydrogen) atoms. The molecule has 4 nitrogen and oxygen atoms in total. The number of allylic oxidation sites excluding steroid dienone is 1. The molecule has 2 aromatic rings. The molecule has 2 aromatic carbocycles. The van der Waals surface area contributed by atoms with Crippen molar-refractivity contribution in [2.24, 2.45) is 0 Å². The monoisotopic (exact) mass is 309 g/mol. The van der Waals surface area contributed by atoms with E-state index < -0.39 is 0 Å². The van der Waals surface area contributed by atoms with E-state index in [4.69, 9.17) is 4.74 Å². The summed E-state index contributed by atoms with van der Waals surface area (Å²) in [4.78, 5) is 24.9. The molecule has 0 bridgehead atoms. The number of nitrogens with zero attached hydrogens (tertiary/aromatic N) is 1. The van der Waals surface area contributed by atoms with Gasteiger partial charge in [-0.05, 0) is 30.7 Å². The van der Waals surface area contributed by atoms with Crippen LogP contribution in [0, 0.1) is 0 Å². The summed E-state index contributed by atoms with van der Waals surface area (Å²) in [7, 11) is 0. The zero-order valence-corrected chi connectivity index (χ0v) is 13.3. The van der Waals surface area contributed by atoms with Crippen LogP contribution in [-0.2, 0) is 16.0 Å². The quantitative estimate of drug-likeness (QED) is 0.781. The number of para-hydroxylation sites is 1. The van der Waals surface area contributed by atoms with Crippen molar-refractivity contribution in [2.75, 3.05) is 4.90 Å². The zero-order chi connectivity index (χ0) is 16.8. The van der Waals surface area contributed by atoms with Crippen LogP contribution in [-0.4, -0.2) is 11.8 Å². The van der Waals surface area contributed by atoms with E-state index in [0.717, 1.165) is 10.5 Å². The van der Waals surface area contributed by atoms with Gasteiger partial charge in [-0.25, -0.2) is 0 Å². The second-order valence-electron chi connectivity index (χ2n) is 5.04. The SMILES string of the molecule is C=CCc1c(Oc2ccccc2)cccc1N(C(C)=O)C(C)=O. The number of benzene rings is 2. The maximum absolute atomic E-state index is 11.9. The smallest absolute Gasteiger partial charge is 0.230 e. The number of rotatable bonds is 5. The summed E-state index contributed by atoms with van der Waals surface area (Å²) >= 11 is 0. The fourth-order valence-electron chi connectivity index (χ4n) is 2.39. The lowest BCUT2D eigenvalue weighted by atomic mass is 10.1. The molecule has 0 aliphatic carbocycles. The predicted octanol–water partition coefficient (Wildman–Crippen LogP) is 4.11. The van der Waals surface area contributed by atoms with E-state index in [1.807, 2.05) is 36.4 Å². The van der Waals surface area contributed by atoms with Crippen molar-refractivity contribution in [2.45, 2.75) is 20.3 Å². The van der Waals surface area contributed by atoms with Crippen LogP contribution in [0.5, 0.6) is 11.5 Å². The van der Waals surface area contributed by atoms with Gasteiger partial charge in [-0.1, -0.05) is 30.3 Å². The Morgan fingerprint density at radius 1 is 1.04 bits per heavy atom. The van der Waals surface area contributed by atoms with Gasteiger partial charge in [-0.2, -0.15) is 0 Å². The van der Waals surface area contributed by atoms with Crippen LogP contribution in [0.25, 0.3) is 0 Å². The van der Waals surface area contributed by atoms with Gasteiger partial charge >= 0.3 is 0 Å². The second kappa shape index (κ2) is 7.40. The van der Waals surface area contributed by atoms with Gasteiger partial charge in [-0.15, -0.1) is 6.58 Å². The van der Waals surface area contributed by atoms with Crippen LogP contribution < -0.4 is 9.64 Å². The molecule has 0 unspecified atom stereocenters. The van der Waals surface area contributed by atoms with E-state index in [1.165, 1.54) is 13.8 Å². The molecule has 118 valence electrons. The minimum Gasteiger partial charge on any atom is -0.457 e. The standard InChI is InChI=1S/C19H19NO3/c1-4-9-17-18(20(14(2)21)15(3)22)12-8-13-19(17)23-16-10-6-5-7-11-16/h4-8,10-13H,1,9H2,2-3H3. The summed E-state index contributed by atoms with van der Waals surface area (Å²) in [6.07, 6.45) is 2.20. The molecule has 0 aromatic heterocycles. The van der Waals surface area contributed by atoms with Gasteiger partial charge in [0.15, 0.2) is 0 Å². The van der Waals surface area contributed by atoms with E-state index in [9.17, 15) is 9.59 Å². The molecule has 0 radical (unpaired) electrons. The molecule has 4 heteroatoms. The fraction of sp³-hybridized carbons (Fsp3) is 0.158. The third-order valence-electron chi connectivity index (χ3n) is 3.30. The Balaban J connectivity index is 2.51. The minimum atomic E-state index is -0.334. The lowest BCUT2D eigenvalue weighted by Gasteiger charge is -2.22. The highest BCUT2D eigenvalue weighted by Gasteiger charge is 2.21. The van der Waals surface area contributed by atoms with Crippen LogP contribution >= 0.6 is 0 Å². The van der Waals surface area contributed by atoms with Crippen LogP contribution in [0.1, 0.15) is 19.4 Å². The Morgan fingerprint density at radius 2 is 1.70 bits per heavy atom. The Hall–Kier alpha value is -2.88. The molecule has 0 N–H and O–H groups in total. The Morgan fingerprint density at radius 3 is 2.26 bits per heavy atom. The van der Waals surface area contributed by atoms with Crippen molar-refractivity contribution in [3.8, 4) is 11.5 Å². The Kier molecular flexibility index (Phi) is 5.31. The van der Waals surface area contributed by atoms with Crippen molar-refractivity contribution < 1.29 is 14.3 Å². The molecular weight excluding hydrogens is 290 g/mol. The molecule has 2 amide bonds. The molecule has 0 spiro atoms. The number of amides is 2. The molecule has 0 heterocycles. The first-order valence-corrected chi connectivity index (χ1v) is 7.31. The molecule has 0 saturated heterocycles. The fourth-order valence-corrected chi connectivity index (χ4v) is 2.39. The molecule has 0 saturated carbocycles. The highest BCUT2D eigenvalue weighted by molar-refractivity contribution is 6.13. The highest BCUT2D eigenvalue weighted by Crippen LogP contribution is 2.33. The summed E-state index contributed by atoms with van der Waals surface area (Å²) in [6, 6.07) is 14.7. The maximum Gasteiger partial charge on any atom is 0.230 e. The van der Waals surface area contributed by atoms with Crippen LogP contribution in [0.15, 0.2) is 61.2 Å². The van der Waals surface area contributed by atoms with Gasteiger partial charge in [0, 0.05) is 19.4 Å². The first-order valence-electron chi connectivity index (χ1n) is 7.31. The number of ether oxygens (including phenoxy) is 1. The maximum atomic E-state index is 11.9. The summed E-state index contributed by atoms with van der Waals surface area (Å²) in [5.41, 5.74) is 1.27. The first kappa shape index (κ1) is 16.5. The summed E-state index contributed by atoms with van der Waals surface area (Å²) < 4.78 is 5.92. The predicted molar refractivity (Wildman–Crippen MR) is 90.7 cm³/mol. The topological polar surface area (TPSA) is 46.6 Å². The van der Waals surface area contributed by atoms with E-state index in [1.54, 1.807) is 18.2 Å². The molecular formula is C19H19NO3. The molecule has 0 fully saturated rings. The second-order valence-corrected chi connectivity index (χ2v) is 5.04. The van der Waals surface area contributed by atoms with Crippen molar-refractivity contribution in [3.63, 3.8) is 0 Å². The number of anilines is 1. The van der Waals surface area contributed by atoms with Gasteiger partial charge in [0.25, 0.3) is 0 Å². The van der Waals surface area contributed by atoms with Crippen molar-refractivity contribution in [3.05, 3.63) is 66.7 Å². The zero-order valence-electron chi connectivity index (χ0n) is 13.3. The van der Waals surface area contributed by atoms with Gasteiger partial charge in [0.05, 0.1) is 5.69 Å². The first-order chi connectivity index (χ1) is 11.0. The average molecular weight is 309 g/mol. The normalized spacial score (nSPS) is 10.0. The third-order valence-corrected chi connectivity index (χ3v) is 3.30. The minimum absolute atomic E-state index is 0.334. The number of hydrogen-bond acceptors (Lipinski definition) is 3. The number of carbonyl (C=O) groups is 2. The van der Waals surface area contributed by atoms with E-state index >= 15 is 0 Å². The lowest BCUT2D eigenvalue weighted by Crippen LogP contribution is -2.33. The Labute approximate surface area is 136 Å². The molecule has 0 aliphatic heterocycles. The Bertz CT molecular complexity index is 709. The van der Waals surface area contributed by atoms with E-state index in [2.05, 4.69) is 6.58 Å². The summed E-state index contributed by atoms with van der Waals surface area (Å²) in [5.74, 6) is 0.618. The van der Waals surface area contributed by atoms with Gasteiger partial charge in [-0.3, -0.25) is 14.5 Å². The van der Waals surface area contributed by atoms with E-state index in [-0.39, 0.29) is 11.8 Å². The average Bonchev–Trinajstić information content (AvgIpc) is 2.51. The van der Waals surface area contributed by atoms with Gasteiger partial charge < -0.3 is 4.74 Å². The van der Waals surface area contributed by atoms with Crippen LogP contribution in [0.3, 0.4) is 0 Å². The summed E-state index contributed by atoms with van der Waals surface area (Å²) in [5, 5.41) is 0. The molecule has 2 rings (SSSR count). The van der Waals surface area contributed by atoms with E-state index in [0.29, 0.717) is 23.6 Å². The van der Waals surface area contributed by atoms with Crippen LogP contribution in [0.2, 0.25) is 0 Å². The molecule has 0 atom stereocenters. The highest BCUT2D eigenvalue weighted by atomic mass is 16.5. The van der Waals surface area contributed by atoms with Crippen LogP contribution in [0.4, 0.5) is 5.69 Å². The van der Waals surface area contributed by atoms with Crippen molar-refractivity contribution >= 4 is 17.5 Å². The number of carbonyl (C=O) groups excluding carboxylic acids is 2. The van der Waals surface area contributed by atoms with Gasteiger partial charge in [0.1, 0.15) is 11.5 Å². The van der Waals surface area contributed by atoms with Crippen molar-refractivity contribution in [1.82, 2.24) is 0 Å². The van der Waals surface area contributed by atoms with Gasteiger partial charge in [0.2, 0.25) is 11.8 Å².